The number of primary amides is 1. The number of ether oxygens (including phenoxy) is 1. The van der Waals surface area contributed by atoms with E-state index in [1.54, 1.807) is 11.9 Å². The first kappa shape index (κ1) is 13.3. The zero-order chi connectivity index (χ0) is 13.2. The van der Waals surface area contributed by atoms with E-state index >= 15 is 0 Å². The molecule has 0 saturated heterocycles. The fourth-order valence-electron chi connectivity index (χ4n) is 1.33. The van der Waals surface area contributed by atoms with Gasteiger partial charge in [-0.05, 0) is 6.92 Å². The first-order chi connectivity index (χ1) is 7.93. The van der Waals surface area contributed by atoms with Crippen molar-refractivity contribution in [2.24, 2.45) is 5.73 Å². The molecular weight excluding hydrogens is 242 g/mol. The van der Waals surface area contributed by atoms with Crippen molar-refractivity contribution < 1.29 is 14.3 Å². The second-order valence-electron chi connectivity index (χ2n) is 3.40. The Kier molecular flexibility index (Phi) is 3.95. The fraction of sp³-hybridized carbons (Fsp3) is 0.400. The SMILES string of the molecule is CCN(C)c1sc(C(=O)OC)c(N)c1C(N)=O. The molecule has 1 rings (SSSR count). The lowest BCUT2D eigenvalue weighted by molar-refractivity contribution is 0.0607. The molecule has 0 aliphatic heterocycles. The molecule has 7 heteroatoms. The number of nitrogens with two attached hydrogens (primary N) is 2. The highest BCUT2D eigenvalue weighted by atomic mass is 32.1. The molecule has 0 unspecified atom stereocenters. The molecule has 0 aliphatic carbocycles. The summed E-state index contributed by atoms with van der Waals surface area (Å²) in [5.41, 5.74) is 11.3. The van der Waals surface area contributed by atoms with Crippen LogP contribution in [0, 0.1) is 0 Å². The van der Waals surface area contributed by atoms with Crippen molar-refractivity contribution in [1.29, 1.82) is 0 Å². The third-order valence-electron chi connectivity index (χ3n) is 2.36. The van der Waals surface area contributed by atoms with Crippen LogP contribution in [0.5, 0.6) is 0 Å². The molecule has 0 aliphatic rings. The molecule has 94 valence electrons. The summed E-state index contributed by atoms with van der Waals surface area (Å²) in [5.74, 6) is -1.21. The second-order valence-corrected chi connectivity index (χ2v) is 4.39. The maximum Gasteiger partial charge on any atom is 0.350 e. The van der Waals surface area contributed by atoms with Gasteiger partial charge in [-0.2, -0.15) is 0 Å². The minimum atomic E-state index is -0.649. The quantitative estimate of drug-likeness (QED) is 0.772. The third kappa shape index (κ3) is 2.33. The van der Waals surface area contributed by atoms with E-state index in [1.807, 2.05) is 6.92 Å². The maximum absolute atomic E-state index is 11.5. The van der Waals surface area contributed by atoms with Gasteiger partial charge in [0.25, 0.3) is 5.91 Å². The standard InChI is InChI=1S/C10H15N3O3S/c1-4-13(2)9-5(8(12)14)6(11)7(17-9)10(15)16-3/h4,11H2,1-3H3,(H2,12,14). The Labute approximate surface area is 103 Å². The highest BCUT2D eigenvalue weighted by molar-refractivity contribution is 7.19. The predicted molar refractivity (Wildman–Crippen MR) is 67.5 cm³/mol. The molecular formula is C10H15N3O3S. The Hall–Kier alpha value is -1.76. The van der Waals surface area contributed by atoms with Crippen molar-refractivity contribution in [2.75, 3.05) is 31.3 Å². The number of carbonyl (C=O) groups is 2. The minimum absolute atomic E-state index is 0.0876. The van der Waals surface area contributed by atoms with Gasteiger partial charge >= 0.3 is 5.97 Å². The van der Waals surface area contributed by atoms with Crippen molar-refractivity contribution in [3.8, 4) is 0 Å². The molecule has 1 amide bonds. The molecule has 17 heavy (non-hydrogen) atoms. The van der Waals surface area contributed by atoms with Gasteiger partial charge < -0.3 is 21.1 Å². The smallest absolute Gasteiger partial charge is 0.350 e. The lowest BCUT2D eigenvalue weighted by atomic mass is 10.2. The Bertz CT molecular complexity index is 456. The number of thiophene rings is 1. The summed E-state index contributed by atoms with van der Waals surface area (Å²) in [6, 6.07) is 0. The van der Waals surface area contributed by atoms with Crippen LogP contribution in [0.15, 0.2) is 0 Å². The monoisotopic (exact) mass is 257 g/mol. The first-order valence-corrected chi connectivity index (χ1v) is 5.77. The molecule has 0 saturated carbocycles. The van der Waals surface area contributed by atoms with Crippen LogP contribution >= 0.6 is 11.3 Å². The Morgan fingerprint density at radius 1 is 1.47 bits per heavy atom. The maximum atomic E-state index is 11.5. The number of rotatable bonds is 4. The van der Waals surface area contributed by atoms with E-state index in [2.05, 4.69) is 4.74 Å². The lowest BCUT2D eigenvalue weighted by Crippen LogP contribution is -2.20. The average molecular weight is 257 g/mol. The molecule has 0 fully saturated rings. The van der Waals surface area contributed by atoms with Gasteiger partial charge in [0.1, 0.15) is 9.88 Å². The summed E-state index contributed by atoms with van der Waals surface area (Å²) in [6.07, 6.45) is 0. The zero-order valence-electron chi connectivity index (χ0n) is 9.94. The van der Waals surface area contributed by atoms with Gasteiger partial charge in [-0.15, -0.1) is 11.3 Å². The summed E-state index contributed by atoms with van der Waals surface area (Å²) in [7, 11) is 3.05. The Morgan fingerprint density at radius 2 is 2.06 bits per heavy atom. The summed E-state index contributed by atoms with van der Waals surface area (Å²) >= 11 is 1.11. The van der Waals surface area contributed by atoms with Crippen molar-refractivity contribution >= 4 is 33.9 Å². The van der Waals surface area contributed by atoms with Gasteiger partial charge in [0.2, 0.25) is 0 Å². The number of hydrogen-bond acceptors (Lipinski definition) is 6. The molecule has 0 spiro atoms. The topological polar surface area (TPSA) is 98.7 Å². The van der Waals surface area contributed by atoms with Gasteiger partial charge in [-0.1, -0.05) is 0 Å². The van der Waals surface area contributed by atoms with E-state index in [1.165, 1.54) is 7.11 Å². The summed E-state index contributed by atoms with van der Waals surface area (Å²) < 4.78 is 4.60. The highest BCUT2D eigenvalue weighted by Gasteiger charge is 2.26. The molecule has 0 bridgehead atoms. The van der Waals surface area contributed by atoms with Gasteiger partial charge in [0.05, 0.1) is 18.4 Å². The van der Waals surface area contributed by atoms with E-state index in [0.717, 1.165) is 11.3 Å². The highest BCUT2D eigenvalue weighted by Crippen LogP contribution is 2.37. The number of hydrogen-bond donors (Lipinski definition) is 2. The van der Waals surface area contributed by atoms with Gasteiger partial charge in [-0.3, -0.25) is 4.79 Å². The molecule has 0 atom stereocenters. The minimum Gasteiger partial charge on any atom is -0.465 e. The second kappa shape index (κ2) is 5.05. The van der Waals surface area contributed by atoms with Crippen LogP contribution in [0.1, 0.15) is 27.0 Å². The largest absolute Gasteiger partial charge is 0.465 e. The van der Waals surface area contributed by atoms with Crippen LogP contribution in [-0.2, 0) is 4.74 Å². The molecule has 1 heterocycles. The van der Waals surface area contributed by atoms with E-state index in [-0.39, 0.29) is 16.1 Å². The van der Waals surface area contributed by atoms with E-state index < -0.39 is 11.9 Å². The van der Waals surface area contributed by atoms with Gasteiger partial charge in [0, 0.05) is 13.6 Å². The Balaban J connectivity index is 3.40. The lowest BCUT2D eigenvalue weighted by Gasteiger charge is -2.15. The Morgan fingerprint density at radius 3 is 2.47 bits per heavy atom. The van der Waals surface area contributed by atoms with Crippen molar-refractivity contribution in [1.82, 2.24) is 0 Å². The summed E-state index contributed by atoms with van der Waals surface area (Å²) in [5, 5.41) is 0.581. The van der Waals surface area contributed by atoms with Crippen LogP contribution in [0.3, 0.4) is 0 Å². The number of methoxy groups -OCH3 is 1. The van der Waals surface area contributed by atoms with E-state index in [9.17, 15) is 9.59 Å². The number of anilines is 2. The summed E-state index contributed by atoms with van der Waals surface area (Å²) in [6.45, 7) is 2.58. The number of nitrogens with zero attached hydrogens (tertiary/aromatic N) is 1. The van der Waals surface area contributed by atoms with Crippen LogP contribution in [-0.4, -0.2) is 32.6 Å². The van der Waals surface area contributed by atoms with Crippen molar-refractivity contribution in [3.05, 3.63) is 10.4 Å². The fourth-order valence-corrected chi connectivity index (χ4v) is 2.50. The normalized spacial score (nSPS) is 10.1. The third-order valence-corrected chi connectivity index (χ3v) is 3.66. The van der Waals surface area contributed by atoms with Crippen LogP contribution < -0.4 is 16.4 Å². The van der Waals surface area contributed by atoms with Crippen LogP contribution in [0.2, 0.25) is 0 Å². The molecule has 1 aromatic heterocycles. The number of amides is 1. The van der Waals surface area contributed by atoms with Gasteiger partial charge in [-0.25, -0.2) is 4.79 Å². The van der Waals surface area contributed by atoms with Gasteiger partial charge in [0.15, 0.2) is 0 Å². The zero-order valence-corrected chi connectivity index (χ0v) is 10.8. The molecule has 6 nitrogen and oxygen atoms in total. The average Bonchev–Trinajstić information content (AvgIpc) is 2.65. The number of nitrogen functional groups attached to an aromatic ring is 1. The summed E-state index contributed by atoms with van der Waals surface area (Å²) in [4.78, 5) is 24.8. The van der Waals surface area contributed by atoms with E-state index in [0.29, 0.717) is 11.5 Å². The van der Waals surface area contributed by atoms with Crippen LogP contribution in [0.4, 0.5) is 10.7 Å². The van der Waals surface area contributed by atoms with Crippen molar-refractivity contribution in [3.63, 3.8) is 0 Å². The van der Waals surface area contributed by atoms with Crippen LogP contribution in [0.25, 0.3) is 0 Å². The molecule has 4 N–H and O–H groups in total. The number of esters is 1. The molecule has 1 aromatic rings. The van der Waals surface area contributed by atoms with E-state index in [4.69, 9.17) is 11.5 Å². The number of carbonyl (C=O) groups excluding carboxylic acids is 2. The molecule has 0 radical (unpaired) electrons. The van der Waals surface area contributed by atoms with Crippen molar-refractivity contribution in [2.45, 2.75) is 6.92 Å². The predicted octanol–water partition coefficient (Wildman–Crippen LogP) is 0.672. The molecule has 0 aromatic carbocycles. The first-order valence-electron chi connectivity index (χ1n) is 4.95.